The number of aliphatic hydroxyl groups is 1. The van der Waals surface area contributed by atoms with Crippen molar-refractivity contribution in [3.05, 3.63) is 28.4 Å². The molecule has 2 aromatic heterocycles. The largest absolute Gasteiger partial charge is 0.394 e. The van der Waals surface area contributed by atoms with Gasteiger partial charge in [0.2, 0.25) is 5.95 Å². The average molecular weight is 331 g/mol. The van der Waals surface area contributed by atoms with E-state index in [1.807, 2.05) is 0 Å². The van der Waals surface area contributed by atoms with Crippen LogP contribution in [0.5, 0.6) is 0 Å². The topological polar surface area (TPSA) is 75.9 Å². The van der Waals surface area contributed by atoms with E-state index in [0.717, 1.165) is 9.26 Å². The Morgan fingerprint density at radius 2 is 2.06 bits per heavy atom. The molecule has 2 heterocycles. The van der Waals surface area contributed by atoms with E-state index in [-0.39, 0.29) is 6.61 Å². The molecule has 84 valence electrons. The third kappa shape index (κ3) is 2.89. The number of nitrogens with zero attached hydrogens (tertiary/aromatic N) is 4. The van der Waals surface area contributed by atoms with Crippen molar-refractivity contribution in [3.8, 4) is 0 Å². The third-order valence-electron chi connectivity index (χ3n) is 1.84. The molecular weight excluding hydrogens is 321 g/mol. The Hall–Kier alpha value is -1.22. The highest BCUT2D eigenvalue weighted by atomic mass is 127. The highest BCUT2D eigenvalue weighted by Crippen LogP contribution is 2.11. The van der Waals surface area contributed by atoms with E-state index in [9.17, 15) is 0 Å². The standard InChI is InChI=1S/C9H10IN5O/c10-7-3-11-9(12-4-7)14-8-5-13-15(6-8)1-2-16/h3-6,16H,1-2H2,(H,11,12,14). The Balaban J connectivity index is 2.05. The Labute approximate surface area is 106 Å². The molecule has 0 radical (unpaired) electrons. The summed E-state index contributed by atoms with van der Waals surface area (Å²) in [5.41, 5.74) is 0.801. The van der Waals surface area contributed by atoms with Gasteiger partial charge in [-0.2, -0.15) is 5.10 Å². The summed E-state index contributed by atoms with van der Waals surface area (Å²) >= 11 is 2.15. The van der Waals surface area contributed by atoms with Crippen molar-refractivity contribution in [3.63, 3.8) is 0 Å². The van der Waals surface area contributed by atoms with Crippen molar-refractivity contribution >= 4 is 34.2 Å². The number of hydrogen-bond acceptors (Lipinski definition) is 5. The maximum Gasteiger partial charge on any atom is 0.227 e. The van der Waals surface area contributed by atoms with Crippen LogP contribution in [0.3, 0.4) is 0 Å². The third-order valence-corrected chi connectivity index (χ3v) is 2.40. The lowest BCUT2D eigenvalue weighted by Crippen LogP contribution is -2.01. The fourth-order valence-corrected chi connectivity index (χ4v) is 1.44. The summed E-state index contributed by atoms with van der Waals surface area (Å²) in [5, 5.41) is 15.8. The first kappa shape index (κ1) is 11.3. The fraction of sp³-hybridized carbons (Fsp3) is 0.222. The number of anilines is 2. The van der Waals surface area contributed by atoms with Crippen molar-refractivity contribution in [1.29, 1.82) is 0 Å². The summed E-state index contributed by atoms with van der Waals surface area (Å²) in [6.45, 7) is 0.552. The number of aliphatic hydroxyl groups excluding tert-OH is 1. The van der Waals surface area contributed by atoms with Crippen LogP contribution in [0, 0.1) is 3.57 Å². The predicted octanol–water partition coefficient (Wildman–Crippen LogP) is 1.01. The van der Waals surface area contributed by atoms with E-state index < -0.39 is 0 Å². The first-order valence-electron chi connectivity index (χ1n) is 4.66. The summed E-state index contributed by atoms with van der Waals surface area (Å²) in [7, 11) is 0. The first-order valence-corrected chi connectivity index (χ1v) is 5.73. The van der Waals surface area contributed by atoms with Crippen LogP contribution < -0.4 is 5.32 Å². The summed E-state index contributed by atoms with van der Waals surface area (Å²) in [5.74, 6) is 0.531. The maximum absolute atomic E-state index is 8.74. The average Bonchev–Trinajstić information content (AvgIpc) is 2.70. The summed E-state index contributed by atoms with van der Waals surface area (Å²) < 4.78 is 2.63. The first-order chi connectivity index (χ1) is 7.78. The number of nitrogens with one attached hydrogen (secondary N) is 1. The molecule has 0 aliphatic heterocycles. The molecule has 0 atom stereocenters. The zero-order valence-electron chi connectivity index (χ0n) is 8.34. The van der Waals surface area contributed by atoms with Gasteiger partial charge in [0.15, 0.2) is 0 Å². The van der Waals surface area contributed by atoms with Gasteiger partial charge in [-0.15, -0.1) is 0 Å². The molecular formula is C9H10IN5O. The van der Waals surface area contributed by atoms with Crippen LogP contribution in [-0.2, 0) is 6.54 Å². The minimum Gasteiger partial charge on any atom is -0.394 e. The maximum atomic E-state index is 8.74. The summed E-state index contributed by atoms with van der Waals surface area (Å²) in [4.78, 5) is 8.23. The second kappa shape index (κ2) is 5.21. The number of rotatable bonds is 4. The fourth-order valence-electron chi connectivity index (χ4n) is 1.16. The van der Waals surface area contributed by atoms with Crippen molar-refractivity contribution in [1.82, 2.24) is 19.7 Å². The highest BCUT2D eigenvalue weighted by Gasteiger charge is 2.00. The molecule has 0 saturated carbocycles. The molecule has 0 aliphatic rings. The smallest absolute Gasteiger partial charge is 0.227 e. The van der Waals surface area contributed by atoms with Gasteiger partial charge in [-0.1, -0.05) is 0 Å². The Kier molecular flexibility index (Phi) is 3.67. The lowest BCUT2D eigenvalue weighted by molar-refractivity contribution is 0.269. The number of hydrogen-bond donors (Lipinski definition) is 2. The molecule has 0 aromatic carbocycles. The van der Waals surface area contributed by atoms with Crippen LogP contribution in [0.4, 0.5) is 11.6 Å². The molecule has 0 amide bonds. The minimum atomic E-state index is 0.0706. The van der Waals surface area contributed by atoms with Crippen LogP contribution in [0.1, 0.15) is 0 Å². The lowest BCUT2D eigenvalue weighted by Gasteiger charge is -2.00. The van der Waals surface area contributed by atoms with Crippen molar-refractivity contribution in [2.75, 3.05) is 11.9 Å². The SMILES string of the molecule is OCCn1cc(Nc2ncc(I)cn2)cn1. The van der Waals surface area contributed by atoms with Gasteiger partial charge in [0.25, 0.3) is 0 Å². The molecule has 0 aliphatic carbocycles. The Bertz CT molecular complexity index is 455. The molecule has 2 rings (SSSR count). The molecule has 2 N–H and O–H groups in total. The molecule has 0 bridgehead atoms. The van der Waals surface area contributed by atoms with Gasteiger partial charge >= 0.3 is 0 Å². The molecule has 6 nitrogen and oxygen atoms in total. The van der Waals surface area contributed by atoms with Gasteiger partial charge in [0, 0.05) is 22.2 Å². The minimum absolute atomic E-state index is 0.0706. The molecule has 16 heavy (non-hydrogen) atoms. The van der Waals surface area contributed by atoms with E-state index in [0.29, 0.717) is 12.5 Å². The normalized spacial score (nSPS) is 10.4. The van der Waals surface area contributed by atoms with E-state index in [4.69, 9.17) is 5.11 Å². The molecule has 0 fully saturated rings. The number of aromatic nitrogens is 4. The monoisotopic (exact) mass is 331 g/mol. The van der Waals surface area contributed by atoms with Gasteiger partial charge in [-0.25, -0.2) is 9.97 Å². The van der Waals surface area contributed by atoms with E-state index in [2.05, 4.69) is 43.0 Å². The van der Waals surface area contributed by atoms with Crippen molar-refractivity contribution in [2.45, 2.75) is 6.54 Å². The second-order valence-electron chi connectivity index (χ2n) is 3.07. The van der Waals surface area contributed by atoms with Crippen molar-refractivity contribution in [2.24, 2.45) is 0 Å². The summed E-state index contributed by atoms with van der Waals surface area (Å²) in [6.07, 6.45) is 6.91. The van der Waals surface area contributed by atoms with E-state index in [1.54, 1.807) is 29.5 Å². The van der Waals surface area contributed by atoms with Gasteiger partial charge in [0.1, 0.15) is 0 Å². The van der Waals surface area contributed by atoms with E-state index in [1.165, 1.54) is 0 Å². The van der Waals surface area contributed by atoms with Gasteiger partial charge in [0.05, 0.1) is 25.0 Å². The van der Waals surface area contributed by atoms with Crippen LogP contribution in [0.15, 0.2) is 24.8 Å². The Morgan fingerprint density at radius 3 is 2.75 bits per heavy atom. The van der Waals surface area contributed by atoms with Crippen LogP contribution in [-0.4, -0.2) is 31.5 Å². The van der Waals surface area contributed by atoms with Crippen molar-refractivity contribution < 1.29 is 5.11 Å². The molecule has 7 heteroatoms. The second-order valence-corrected chi connectivity index (χ2v) is 4.31. The summed E-state index contributed by atoms with van der Waals surface area (Å²) in [6, 6.07) is 0. The van der Waals surface area contributed by atoms with Gasteiger partial charge in [-0.05, 0) is 22.6 Å². The van der Waals surface area contributed by atoms with Crippen LogP contribution in [0.2, 0.25) is 0 Å². The molecule has 0 saturated heterocycles. The van der Waals surface area contributed by atoms with Gasteiger partial charge < -0.3 is 10.4 Å². The molecule has 2 aromatic rings. The molecule has 0 spiro atoms. The van der Waals surface area contributed by atoms with Crippen LogP contribution >= 0.6 is 22.6 Å². The van der Waals surface area contributed by atoms with Crippen LogP contribution in [0.25, 0.3) is 0 Å². The Morgan fingerprint density at radius 1 is 1.31 bits per heavy atom. The lowest BCUT2D eigenvalue weighted by atomic mass is 10.5. The number of halogens is 1. The van der Waals surface area contributed by atoms with E-state index >= 15 is 0 Å². The zero-order chi connectivity index (χ0) is 11.4. The predicted molar refractivity (Wildman–Crippen MR) is 67.3 cm³/mol. The highest BCUT2D eigenvalue weighted by molar-refractivity contribution is 14.1. The zero-order valence-corrected chi connectivity index (χ0v) is 10.5. The quantitative estimate of drug-likeness (QED) is 0.818. The van der Waals surface area contributed by atoms with Gasteiger partial charge in [-0.3, -0.25) is 4.68 Å². The molecule has 0 unspecified atom stereocenters.